The molecule has 130 valence electrons. The second kappa shape index (κ2) is 7.68. The minimum absolute atomic E-state index is 0.110. The Bertz CT molecular complexity index is 1050. The van der Waals surface area contributed by atoms with Gasteiger partial charge in [-0.2, -0.15) is 5.26 Å². The van der Waals surface area contributed by atoms with Crippen LogP contribution in [0.5, 0.6) is 5.88 Å². The molecular weight excluding hydrogens is 420 g/mol. The van der Waals surface area contributed by atoms with Crippen LogP contribution in [0, 0.1) is 11.3 Å². The summed E-state index contributed by atoms with van der Waals surface area (Å²) >= 11 is 9.31. The van der Waals surface area contributed by atoms with Crippen molar-refractivity contribution in [1.82, 2.24) is 4.57 Å². The Kier molecular flexibility index (Phi) is 5.35. The van der Waals surface area contributed by atoms with Gasteiger partial charge in [-0.3, -0.25) is 4.79 Å². The molecule has 0 saturated carbocycles. The van der Waals surface area contributed by atoms with E-state index in [1.54, 1.807) is 28.8 Å². The topological polar surface area (TPSA) is 90.7 Å². The molecule has 6 nitrogen and oxygen atoms in total. The van der Waals surface area contributed by atoms with E-state index < -0.39 is 5.91 Å². The molecule has 2 aromatic carbocycles. The van der Waals surface area contributed by atoms with Crippen molar-refractivity contribution in [2.24, 2.45) is 10.2 Å². The first kappa shape index (κ1) is 18.1. The van der Waals surface area contributed by atoms with Gasteiger partial charge in [0.05, 0.1) is 18.1 Å². The third-order valence-corrected chi connectivity index (χ3v) is 4.46. The maximum atomic E-state index is 11.5. The van der Waals surface area contributed by atoms with Crippen molar-refractivity contribution < 1.29 is 9.90 Å². The molecule has 0 fully saturated rings. The first-order valence-corrected chi connectivity index (χ1v) is 8.73. The van der Waals surface area contributed by atoms with Gasteiger partial charge in [0.15, 0.2) is 5.69 Å². The number of carbonyl (C=O) groups is 1. The number of hydrogen-bond acceptors (Lipinski definition) is 4. The zero-order valence-electron chi connectivity index (χ0n) is 13.4. The highest BCUT2D eigenvalue weighted by Crippen LogP contribution is 2.40. The number of aromatic nitrogens is 1. The molecule has 0 spiro atoms. The van der Waals surface area contributed by atoms with Gasteiger partial charge in [-0.15, -0.1) is 10.2 Å². The molecule has 0 bridgehead atoms. The quantitative estimate of drug-likeness (QED) is 0.566. The third-order valence-electron chi connectivity index (χ3n) is 3.72. The molecule has 26 heavy (non-hydrogen) atoms. The third kappa shape index (κ3) is 3.77. The van der Waals surface area contributed by atoms with Crippen LogP contribution >= 0.6 is 27.5 Å². The van der Waals surface area contributed by atoms with Gasteiger partial charge in [-0.1, -0.05) is 39.7 Å². The average molecular weight is 432 g/mol. The molecule has 0 radical (unpaired) electrons. The molecule has 3 rings (SSSR count). The van der Waals surface area contributed by atoms with Crippen molar-refractivity contribution in [3.05, 3.63) is 57.5 Å². The van der Waals surface area contributed by atoms with Crippen molar-refractivity contribution >= 4 is 50.0 Å². The fourth-order valence-corrected chi connectivity index (χ4v) is 3.02. The number of rotatable bonds is 4. The molecule has 0 aliphatic heterocycles. The molecule has 1 N–H and O–H groups in total. The summed E-state index contributed by atoms with van der Waals surface area (Å²) in [5.74, 6) is -0.776. The highest BCUT2D eigenvalue weighted by Gasteiger charge is 2.17. The fourth-order valence-electron chi connectivity index (χ4n) is 2.54. The SMILES string of the molecule is N#CCC(=O)N=Nc1c(O)n(Cc2ccc(Cl)cc2)c2ccc(Br)cc12. The molecular formula is C18H12BrClN4O2. The molecule has 1 amide bonds. The molecule has 0 atom stereocenters. The summed E-state index contributed by atoms with van der Waals surface area (Å²) in [6, 6.07) is 14.5. The summed E-state index contributed by atoms with van der Waals surface area (Å²) in [5, 5.41) is 27.9. The molecule has 3 aromatic rings. The van der Waals surface area contributed by atoms with Crippen LogP contribution in [0.1, 0.15) is 12.0 Å². The molecule has 0 unspecified atom stereocenters. The van der Waals surface area contributed by atoms with E-state index >= 15 is 0 Å². The zero-order chi connectivity index (χ0) is 18.7. The molecule has 8 heteroatoms. The zero-order valence-corrected chi connectivity index (χ0v) is 15.7. The number of halogens is 2. The largest absolute Gasteiger partial charge is 0.493 e. The van der Waals surface area contributed by atoms with Crippen LogP contribution in [0.3, 0.4) is 0 Å². The Morgan fingerprint density at radius 3 is 2.69 bits per heavy atom. The minimum atomic E-state index is -0.666. The number of azo groups is 1. The number of nitriles is 1. The van der Waals surface area contributed by atoms with Gasteiger partial charge in [0.2, 0.25) is 5.88 Å². The molecule has 1 aromatic heterocycles. The lowest BCUT2D eigenvalue weighted by Crippen LogP contribution is -1.98. The number of amides is 1. The Hall–Kier alpha value is -2.69. The standard InChI is InChI=1S/C18H12BrClN4O2/c19-12-3-6-15-14(9-12)17(23-22-16(25)7-8-21)18(26)24(15)10-11-1-4-13(20)5-2-11/h1-6,9,26H,7,10H2. The van der Waals surface area contributed by atoms with Crippen LogP contribution in [0.25, 0.3) is 10.9 Å². The Balaban J connectivity index is 2.09. The van der Waals surface area contributed by atoms with E-state index in [4.69, 9.17) is 16.9 Å². The molecule has 0 saturated heterocycles. The van der Waals surface area contributed by atoms with Crippen molar-refractivity contribution in [3.8, 4) is 11.9 Å². The number of nitrogens with zero attached hydrogens (tertiary/aromatic N) is 4. The van der Waals surface area contributed by atoms with E-state index in [1.165, 1.54) is 0 Å². The maximum Gasteiger partial charge on any atom is 0.278 e. The maximum absolute atomic E-state index is 11.5. The van der Waals surface area contributed by atoms with E-state index in [0.717, 1.165) is 15.6 Å². The van der Waals surface area contributed by atoms with Gasteiger partial charge in [-0.25, -0.2) is 0 Å². The Morgan fingerprint density at radius 2 is 2.00 bits per heavy atom. The van der Waals surface area contributed by atoms with E-state index in [-0.39, 0.29) is 18.0 Å². The summed E-state index contributed by atoms with van der Waals surface area (Å²) in [6.07, 6.45) is -0.364. The lowest BCUT2D eigenvalue weighted by atomic mass is 10.2. The summed E-state index contributed by atoms with van der Waals surface area (Å²) in [4.78, 5) is 11.5. The number of fused-ring (bicyclic) bond motifs is 1. The lowest BCUT2D eigenvalue weighted by molar-refractivity contribution is -0.117. The highest BCUT2D eigenvalue weighted by molar-refractivity contribution is 9.10. The predicted octanol–water partition coefficient (Wildman–Crippen LogP) is 5.34. The first-order chi connectivity index (χ1) is 12.5. The Labute approximate surface area is 162 Å². The number of carbonyl (C=O) groups excluding carboxylic acids is 1. The van der Waals surface area contributed by atoms with Crippen molar-refractivity contribution in [3.63, 3.8) is 0 Å². The molecule has 1 heterocycles. The van der Waals surface area contributed by atoms with Gasteiger partial charge >= 0.3 is 0 Å². The smallest absolute Gasteiger partial charge is 0.278 e. The van der Waals surface area contributed by atoms with Crippen LogP contribution in [-0.4, -0.2) is 15.6 Å². The molecule has 0 aliphatic carbocycles. The van der Waals surface area contributed by atoms with Crippen LogP contribution in [0.2, 0.25) is 5.02 Å². The monoisotopic (exact) mass is 430 g/mol. The average Bonchev–Trinajstić information content (AvgIpc) is 2.86. The predicted molar refractivity (Wildman–Crippen MR) is 102 cm³/mol. The molecule has 0 aliphatic rings. The van der Waals surface area contributed by atoms with Crippen molar-refractivity contribution in [2.45, 2.75) is 13.0 Å². The van der Waals surface area contributed by atoms with Crippen LogP contribution in [0.4, 0.5) is 5.69 Å². The van der Waals surface area contributed by atoms with Gasteiger partial charge in [-0.05, 0) is 35.9 Å². The van der Waals surface area contributed by atoms with Gasteiger partial charge in [0.1, 0.15) is 6.42 Å². The van der Waals surface area contributed by atoms with E-state index in [0.29, 0.717) is 17.0 Å². The van der Waals surface area contributed by atoms with Gasteiger partial charge in [0.25, 0.3) is 5.91 Å². The number of benzene rings is 2. The van der Waals surface area contributed by atoms with Gasteiger partial charge in [0, 0.05) is 14.9 Å². The highest BCUT2D eigenvalue weighted by atomic mass is 79.9. The summed E-state index contributed by atoms with van der Waals surface area (Å²) in [7, 11) is 0. The lowest BCUT2D eigenvalue weighted by Gasteiger charge is -2.07. The first-order valence-electron chi connectivity index (χ1n) is 7.56. The van der Waals surface area contributed by atoms with Gasteiger partial charge < -0.3 is 9.67 Å². The minimum Gasteiger partial charge on any atom is -0.493 e. The van der Waals surface area contributed by atoms with Crippen LogP contribution in [-0.2, 0) is 11.3 Å². The second-order valence-corrected chi connectivity index (χ2v) is 6.83. The van der Waals surface area contributed by atoms with Crippen molar-refractivity contribution in [2.75, 3.05) is 0 Å². The summed E-state index contributed by atoms with van der Waals surface area (Å²) in [6.45, 7) is 0.392. The normalized spacial score (nSPS) is 11.1. The van der Waals surface area contributed by atoms with Crippen LogP contribution in [0.15, 0.2) is 57.2 Å². The van der Waals surface area contributed by atoms with E-state index in [2.05, 4.69) is 26.2 Å². The number of aromatic hydroxyl groups is 1. The second-order valence-electron chi connectivity index (χ2n) is 5.47. The number of hydrogen-bond donors (Lipinski definition) is 1. The fraction of sp³-hybridized carbons (Fsp3) is 0.111. The van der Waals surface area contributed by atoms with Crippen LogP contribution < -0.4 is 0 Å². The summed E-state index contributed by atoms with van der Waals surface area (Å²) < 4.78 is 2.47. The summed E-state index contributed by atoms with van der Waals surface area (Å²) in [5.41, 5.74) is 1.86. The van der Waals surface area contributed by atoms with Crippen molar-refractivity contribution in [1.29, 1.82) is 5.26 Å². The van der Waals surface area contributed by atoms with E-state index in [9.17, 15) is 9.90 Å². The van der Waals surface area contributed by atoms with E-state index in [1.807, 2.05) is 24.3 Å². The Morgan fingerprint density at radius 1 is 1.27 bits per heavy atom.